The summed E-state index contributed by atoms with van der Waals surface area (Å²) < 4.78 is 16.3. The fraction of sp³-hybridized carbons (Fsp3) is 0.882. The van der Waals surface area contributed by atoms with Crippen molar-refractivity contribution in [2.75, 3.05) is 13.2 Å². The number of carbonyl (C=O) groups excluding carboxylic acids is 2. The second kappa shape index (κ2) is 8.51. The van der Waals surface area contributed by atoms with E-state index in [1.54, 1.807) is 6.92 Å². The molecule has 2 rings (SSSR count). The molecule has 4 atom stereocenters. The summed E-state index contributed by atoms with van der Waals surface area (Å²) in [4.78, 5) is 23.6. The van der Waals surface area contributed by atoms with Crippen molar-refractivity contribution < 1.29 is 23.8 Å². The molecule has 1 saturated heterocycles. The van der Waals surface area contributed by atoms with E-state index in [2.05, 4.69) is 0 Å². The average Bonchev–Trinajstić information content (AvgIpc) is 3.05. The molecule has 126 valence electrons. The maximum Gasteiger partial charge on any atom is 0.309 e. The summed E-state index contributed by atoms with van der Waals surface area (Å²) in [7, 11) is 0. The maximum absolute atomic E-state index is 12.2. The molecule has 0 amide bonds. The molecule has 0 aromatic heterocycles. The van der Waals surface area contributed by atoms with E-state index in [4.69, 9.17) is 14.2 Å². The lowest BCUT2D eigenvalue weighted by Crippen LogP contribution is -2.33. The third-order valence-electron chi connectivity index (χ3n) is 4.77. The van der Waals surface area contributed by atoms with Gasteiger partial charge in [0.15, 0.2) is 0 Å². The smallest absolute Gasteiger partial charge is 0.309 e. The normalized spacial score (nSPS) is 29.8. The van der Waals surface area contributed by atoms with Crippen LogP contribution in [0.2, 0.25) is 0 Å². The molecule has 1 aliphatic heterocycles. The van der Waals surface area contributed by atoms with Gasteiger partial charge in [0.25, 0.3) is 0 Å². The largest absolute Gasteiger partial charge is 0.463 e. The molecule has 0 bridgehead atoms. The fourth-order valence-electron chi connectivity index (χ4n) is 3.29. The molecule has 1 heterocycles. The number of ether oxygens (including phenoxy) is 3. The summed E-state index contributed by atoms with van der Waals surface area (Å²) in [6, 6.07) is 0. The monoisotopic (exact) mass is 312 g/mol. The van der Waals surface area contributed by atoms with Crippen LogP contribution >= 0.6 is 0 Å². The number of carbonyl (C=O) groups is 2. The average molecular weight is 312 g/mol. The lowest BCUT2D eigenvalue weighted by molar-refractivity contribution is -0.156. The van der Waals surface area contributed by atoms with Crippen molar-refractivity contribution >= 4 is 11.9 Å². The first kappa shape index (κ1) is 17.3. The minimum atomic E-state index is -0.153. The molecule has 0 radical (unpaired) electrons. The Morgan fingerprint density at radius 2 is 2.05 bits per heavy atom. The second-order valence-electron chi connectivity index (χ2n) is 6.45. The Hall–Kier alpha value is -1.10. The Kier molecular flexibility index (Phi) is 6.68. The number of hydrogen-bond acceptors (Lipinski definition) is 5. The number of rotatable bonds is 6. The van der Waals surface area contributed by atoms with Crippen LogP contribution in [-0.2, 0) is 23.8 Å². The van der Waals surface area contributed by atoms with Crippen LogP contribution in [0.3, 0.4) is 0 Å². The Morgan fingerprint density at radius 1 is 1.23 bits per heavy atom. The van der Waals surface area contributed by atoms with E-state index in [0.717, 1.165) is 45.1 Å². The maximum atomic E-state index is 12.2. The Bertz CT molecular complexity index is 375. The van der Waals surface area contributed by atoms with Gasteiger partial charge >= 0.3 is 11.9 Å². The first-order valence-corrected chi connectivity index (χ1v) is 8.57. The van der Waals surface area contributed by atoms with Crippen LogP contribution in [0.25, 0.3) is 0 Å². The van der Waals surface area contributed by atoms with Crippen molar-refractivity contribution in [2.45, 2.75) is 71.0 Å². The summed E-state index contributed by atoms with van der Waals surface area (Å²) in [5.74, 6) is -0.216. The van der Waals surface area contributed by atoms with Crippen molar-refractivity contribution in [2.24, 2.45) is 11.8 Å². The summed E-state index contributed by atoms with van der Waals surface area (Å²) in [6.07, 6.45) is 6.11. The van der Waals surface area contributed by atoms with Gasteiger partial charge in [-0.25, -0.2) is 0 Å². The van der Waals surface area contributed by atoms with Gasteiger partial charge in [0.2, 0.25) is 0 Å². The van der Waals surface area contributed by atoms with Gasteiger partial charge in [0, 0.05) is 13.0 Å². The van der Waals surface area contributed by atoms with Crippen LogP contribution in [-0.4, -0.2) is 37.4 Å². The molecule has 22 heavy (non-hydrogen) atoms. The molecular formula is C17H28O5. The minimum absolute atomic E-state index is 0.0420. The Labute approximate surface area is 132 Å². The topological polar surface area (TPSA) is 61.8 Å². The summed E-state index contributed by atoms with van der Waals surface area (Å²) in [5.41, 5.74) is 0. The standard InChI is InChI=1S/C17H28O5/c1-3-16(18)22-14-7-4-6-13(10-14)12(2)17(19)21-11-15-8-5-9-20-15/h12-15H,3-11H2,1-2H3. The predicted molar refractivity (Wildman–Crippen MR) is 81.2 cm³/mol. The lowest BCUT2D eigenvalue weighted by Gasteiger charge is -2.31. The van der Waals surface area contributed by atoms with E-state index in [1.165, 1.54) is 0 Å². The van der Waals surface area contributed by atoms with Gasteiger partial charge in [-0.2, -0.15) is 0 Å². The quantitative estimate of drug-likeness (QED) is 0.706. The fourth-order valence-corrected chi connectivity index (χ4v) is 3.29. The zero-order valence-electron chi connectivity index (χ0n) is 13.7. The van der Waals surface area contributed by atoms with Crippen molar-refractivity contribution in [1.29, 1.82) is 0 Å². The number of hydrogen-bond donors (Lipinski definition) is 0. The molecule has 1 saturated carbocycles. The van der Waals surface area contributed by atoms with Crippen molar-refractivity contribution in [3.63, 3.8) is 0 Å². The molecule has 2 aliphatic rings. The SMILES string of the molecule is CCC(=O)OC1CCCC(C(C)C(=O)OCC2CCCO2)C1. The summed E-state index contributed by atoms with van der Waals surface area (Å²) in [5, 5.41) is 0. The molecule has 5 heteroatoms. The van der Waals surface area contributed by atoms with Crippen LogP contribution in [0.1, 0.15) is 58.8 Å². The molecule has 0 aromatic rings. The van der Waals surface area contributed by atoms with Crippen LogP contribution in [0.15, 0.2) is 0 Å². The predicted octanol–water partition coefficient (Wildman–Crippen LogP) is 2.86. The van der Waals surface area contributed by atoms with Crippen LogP contribution in [0.5, 0.6) is 0 Å². The van der Waals surface area contributed by atoms with E-state index >= 15 is 0 Å². The van der Waals surface area contributed by atoms with E-state index in [0.29, 0.717) is 13.0 Å². The zero-order chi connectivity index (χ0) is 15.9. The van der Waals surface area contributed by atoms with Gasteiger partial charge in [-0.15, -0.1) is 0 Å². The number of esters is 2. The molecular weight excluding hydrogens is 284 g/mol. The van der Waals surface area contributed by atoms with E-state index < -0.39 is 0 Å². The molecule has 1 aliphatic carbocycles. The highest BCUT2D eigenvalue weighted by molar-refractivity contribution is 5.72. The third kappa shape index (κ3) is 4.97. The Balaban J connectivity index is 1.76. The van der Waals surface area contributed by atoms with E-state index in [-0.39, 0.29) is 36.0 Å². The summed E-state index contributed by atoms with van der Waals surface area (Å²) >= 11 is 0. The first-order valence-electron chi connectivity index (χ1n) is 8.57. The van der Waals surface area contributed by atoms with Gasteiger partial charge in [-0.3, -0.25) is 9.59 Å². The van der Waals surface area contributed by atoms with Gasteiger partial charge in [0.1, 0.15) is 12.7 Å². The molecule has 4 unspecified atom stereocenters. The van der Waals surface area contributed by atoms with Crippen molar-refractivity contribution in [1.82, 2.24) is 0 Å². The highest BCUT2D eigenvalue weighted by Gasteiger charge is 2.32. The molecule has 0 spiro atoms. The first-order chi connectivity index (χ1) is 10.6. The zero-order valence-corrected chi connectivity index (χ0v) is 13.7. The van der Waals surface area contributed by atoms with E-state index in [9.17, 15) is 9.59 Å². The van der Waals surface area contributed by atoms with Crippen LogP contribution in [0.4, 0.5) is 0 Å². The molecule has 0 aromatic carbocycles. The van der Waals surface area contributed by atoms with Gasteiger partial charge in [-0.1, -0.05) is 13.8 Å². The highest BCUT2D eigenvalue weighted by Crippen LogP contribution is 2.32. The van der Waals surface area contributed by atoms with Crippen LogP contribution < -0.4 is 0 Å². The molecule has 2 fully saturated rings. The Morgan fingerprint density at radius 3 is 2.73 bits per heavy atom. The molecule has 5 nitrogen and oxygen atoms in total. The van der Waals surface area contributed by atoms with Gasteiger partial charge in [0.05, 0.1) is 12.0 Å². The third-order valence-corrected chi connectivity index (χ3v) is 4.77. The van der Waals surface area contributed by atoms with Gasteiger partial charge < -0.3 is 14.2 Å². The summed E-state index contributed by atoms with van der Waals surface area (Å²) in [6.45, 7) is 4.86. The lowest BCUT2D eigenvalue weighted by atomic mass is 9.79. The molecule has 0 N–H and O–H groups in total. The highest BCUT2D eigenvalue weighted by atomic mass is 16.6. The van der Waals surface area contributed by atoms with Crippen LogP contribution in [0, 0.1) is 11.8 Å². The van der Waals surface area contributed by atoms with Gasteiger partial charge in [-0.05, 0) is 44.4 Å². The second-order valence-corrected chi connectivity index (χ2v) is 6.45. The minimum Gasteiger partial charge on any atom is -0.463 e. The van der Waals surface area contributed by atoms with E-state index in [1.807, 2.05) is 6.92 Å². The van der Waals surface area contributed by atoms with Crippen molar-refractivity contribution in [3.8, 4) is 0 Å². The van der Waals surface area contributed by atoms with Crippen molar-refractivity contribution in [3.05, 3.63) is 0 Å².